The van der Waals surface area contributed by atoms with Crippen LogP contribution in [0.15, 0.2) is 34.9 Å². The first-order valence-corrected chi connectivity index (χ1v) is 4.43. The number of fused-ring (bicyclic) bond motifs is 1. The minimum atomic E-state index is -3.12. The molecule has 0 saturated carbocycles. The van der Waals surface area contributed by atoms with Crippen LogP contribution in [-0.2, 0) is 4.79 Å². The molecule has 6 heteroatoms. The van der Waals surface area contributed by atoms with E-state index in [2.05, 4.69) is 0 Å². The van der Waals surface area contributed by atoms with Gasteiger partial charge in [-0.15, -0.1) is 0 Å². The van der Waals surface area contributed by atoms with Crippen LogP contribution in [0.25, 0.3) is 11.0 Å². The number of rotatable bonds is 2. The number of anilines is 1. The normalized spacial score (nSPS) is 11.0. The average molecular weight is 226 g/mol. The first-order valence-electron chi connectivity index (χ1n) is 4.43. The number of carbonyl (C=O) groups is 1. The minimum absolute atomic E-state index is 0.194. The van der Waals surface area contributed by atoms with Gasteiger partial charge in [-0.05, 0) is 24.3 Å². The van der Waals surface area contributed by atoms with Crippen molar-refractivity contribution in [3.05, 3.63) is 30.5 Å². The van der Waals surface area contributed by atoms with Crippen molar-refractivity contribution >= 4 is 22.6 Å². The molecule has 16 heavy (non-hydrogen) atoms. The van der Waals surface area contributed by atoms with E-state index in [9.17, 15) is 13.6 Å². The standard InChI is InChI=1S/C10H8F2N2O2/c11-9(12)10(15)14(13)7-1-2-8-6(5-7)3-4-16-8/h1-5,9H,13H2. The first-order chi connectivity index (χ1) is 7.59. The van der Waals surface area contributed by atoms with Gasteiger partial charge >= 0.3 is 12.3 Å². The Morgan fingerprint density at radius 2 is 2.12 bits per heavy atom. The van der Waals surface area contributed by atoms with Gasteiger partial charge < -0.3 is 4.42 Å². The Kier molecular flexibility index (Phi) is 2.57. The van der Waals surface area contributed by atoms with Crippen molar-refractivity contribution in [2.75, 3.05) is 5.01 Å². The number of hydrogen-bond donors (Lipinski definition) is 1. The van der Waals surface area contributed by atoms with Crippen LogP contribution in [0.4, 0.5) is 14.5 Å². The van der Waals surface area contributed by atoms with E-state index in [1.165, 1.54) is 18.4 Å². The second-order valence-electron chi connectivity index (χ2n) is 3.15. The van der Waals surface area contributed by atoms with Crippen LogP contribution in [0.3, 0.4) is 0 Å². The monoisotopic (exact) mass is 226 g/mol. The number of hydrazine groups is 1. The molecule has 0 fully saturated rings. The smallest absolute Gasteiger partial charge is 0.317 e. The summed E-state index contributed by atoms with van der Waals surface area (Å²) < 4.78 is 29.3. The van der Waals surface area contributed by atoms with Crippen LogP contribution in [0, 0.1) is 0 Å². The molecule has 1 heterocycles. The molecule has 4 nitrogen and oxygen atoms in total. The van der Waals surface area contributed by atoms with Gasteiger partial charge in [-0.3, -0.25) is 4.79 Å². The van der Waals surface area contributed by atoms with Crippen molar-refractivity contribution in [3.63, 3.8) is 0 Å². The summed E-state index contributed by atoms with van der Waals surface area (Å²) in [7, 11) is 0. The molecule has 1 aromatic carbocycles. The van der Waals surface area contributed by atoms with E-state index >= 15 is 0 Å². The fourth-order valence-electron chi connectivity index (χ4n) is 1.34. The molecule has 0 radical (unpaired) electrons. The fraction of sp³-hybridized carbons (Fsp3) is 0.100. The van der Waals surface area contributed by atoms with Gasteiger partial charge in [0.05, 0.1) is 12.0 Å². The highest BCUT2D eigenvalue weighted by Crippen LogP contribution is 2.22. The van der Waals surface area contributed by atoms with Gasteiger partial charge in [0.1, 0.15) is 5.58 Å². The molecule has 1 amide bonds. The minimum Gasteiger partial charge on any atom is -0.464 e. The van der Waals surface area contributed by atoms with Crippen LogP contribution in [-0.4, -0.2) is 12.3 Å². The zero-order chi connectivity index (χ0) is 11.7. The summed E-state index contributed by atoms with van der Waals surface area (Å²) in [6.07, 6.45) is -1.66. The number of nitrogens with two attached hydrogens (primary N) is 1. The van der Waals surface area contributed by atoms with Crippen LogP contribution >= 0.6 is 0 Å². The number of carbonyl (C=O) groups excluding carboxylic acids is 1. The van der Waals surface area contributed by atoms with Gasteiger partial charge in [0, 0.05) is 5.39 Å². The summed E-state index contributed by atoms with van der Waals surface area (Å²) in [5.74, 6) is 3.83. The second kappa shape index (κ2) is 3.90. The molecule has 2 N–H and O–H groups in total. The molecular weight excluding hydrogens is 218 g/mol. The van der Waals surface area contributed by atoms with Crippen molar-refractivity contribution in [2.24, 2.45) is 5.84 Å². The highest BCUT2D eigenvalue weighted by atomic mass is 19.3. The van der Waals surface area contributed by atoms with Crippen molar-refractivity contribution in [2.45, 2.75) is 6.43 Å². The van der Waals surface area contributed by atoms with E-state index in [0.29, 0.717) is 16.0 Å². The van der Waals surface area contributed by atoms with Crippen molar-refractivity contribution in [3.8, 4) is 0 Å². The van der Waals surface area contributed by atoms with E-state index in [-0.39, 0.29) is 5.69 Å². The largest absolute Gasteiger partial charge is 0.464 e. The number of furan rings is 1. The number of halogens is 2. The van der Waals surface area contributed by atoms with E-state index in [0.717, 1.165) is 0 Å². The van der Waals surface area contributed by atoms with Gasteiger partial charge in [0.25, 0.3) is 0 Å². The van der Waals surface area contributed by atoms with Gasteiger partial charge in [0.2, 0.25) is 0 Å². The third kappa shape index (κ3) is 1.74. The zero-order valence-electron chi connectivity index (χ0n) is 8.06. The van der Waals surface area contributed by atoms with E-state index < -0.39 is 12.3 Å². The highest BCUT2D eigenvalue weighted by Gasteiger charge is 2.22. The average Bonchev–Trinajstić information content (AvgIpc) is 2.73. The molecule has 0 spiro atoms. The number of alkyl halides is 2. The zero-order valence-corrected chi connectivity index (χ0v) is 8.06. The maximum Gasteiger partial charge on any atom is 0.317 e. The van der Waals surface area contributed by atoms with E-state index in [4.69, 9.17) is 10.3 Å². The Bertz CT molecular complexity index is 524. The van der Waals surface area contributed by atoms with E-state index in [1.807, 2.05) is 0 Å². The summed E-state index contributed by atoms with van der Waals surface area (Å²) in [5, 5.41) is 1.12. The lowest BCUT2D eigenvalue weighted by molar-refractivity contribution is -0.129. The third-order valence-electron chi connectivity index (χ3n) is 2.14. The summed E-state index contributed by atoms with van der Waals surface area (Å²) in [5.41, 5.74) is 0.792. The molecule has 1 aromatic heterocycles. The first kappa shape index (κ1) is 10.6. The number of amides is 1. The maximum atomic E-state index is 12.1. The quantitative estimate of drug-likeness (QED) is 0.483. The van der Waals surface area contributed by atoms with Crippen molar-refractivity contribution in [1.82, 2.24) is 0 Å². The Labute approximate surface area is 89.2 Å². The number of benzene rings is 1. The summed E-state index contributed by atoms with van der Waals surface area (Å²) in [6.45, 7) is 0. The highest BCUT2D eigenvalue weighted by molar-refractivity contribution is 5.96. The van der Waals surface area contributed by atoms with Crippen LogP contribution in [0.2, 0.25) is 0 Å². The fourth-order valence-corrected chi connectivity index (χ4v) is 1.34. The van der Waals surface area contributed by atoms with Crippen LogP contribution < -0.4 is 10.9 Å². The summed E-state index contributed by atoms with van der Waals surface area (Å²) >= 11 is 0. The maximum absolute atomic E-state index is 12.1. The van der Waals surface area contributed by atoms with E-state index in [1.54, 1.807) is 12.1 Å². The van der Waals surface area contributed by atoms with Gasteiger partial charge in [-0.1, -0.05) is 0 Å². The lowest BCUT2D eigenvalue weighted by Crippen LogP contribution is -2.41. The van der Waals surface area contributed by atoms with Gasteiger partial charge in [-0.2, -0.15) is 8.78 Å². The van der Waals surface area contributed by atoms with Crippen LogP contribution in [0.1, 0.15) is 0 Å². The Morgan fingerprint density at radius 3 is 2.81 bits per heavy atom. The van der Waals surface area contributed by atoms with Crippen molar-refractivity contribution in [1.29, 1.82) is 0 Å². The molecule has 0 aliphatic carbocycles. The van der Waals surface area contributed by atoms with Crippen LogP contribution in [0.5, 0.6) is 0 Å². The molecule has 0 bridgehead atoms. The predicted octanol–water partition coefficient (Wildman–Crippen LogP) is 1.90. The SMILES string of the molecule is NN(C(=O)C(F)F)c1ccc2occc2c1. The predicted molar refractivity (Wildman–Crippen MR) is 53.9 cm³/mol. The Hall–Kier alpha value is -1.95. The molecule has 2 aromatic rings. The Morgan fingerprint density at radius 1 is 1.38 bits per heavy atom. The van der Waals surface area contributed by atoms with Crippen molar-refractivity contribution < 1.29 is 18.0 Å². The summed E-state index contributed by atoms with van der Waals surface area (Å²) in [6, 6.07) is 6.15. The lowest BCUT2D eigenvalue weighted by Gasteiger charge is -2.15. The molecule has 0 unspecified atom stereocenters. The Balaban J connectivity index is 2.35. The second-order valence-corrected chi connectivity index (χ2v) is 3.15. The molecule has 84 valence electrons. The molecular formula is C10H8F2N2O2. The topological polar surface area (TPSA) is 59.5 Å². The molecule has 0 atom stereocenters. The summed E-state index contributed by atoms with van der Waals surface area (Å²) in [4.78, 5) is 10.9. The number of hydrogen-bond acceptors (Lipinski definition) is 3. The molecule has 0 saturated heterocycles. The number of nitrogens with zero attached hydrogens (tertiary/aromatic N) is 1. The third-order valence-corrected chi connectivity index (χ3v) is 2.14. The molecule has 0 aliphatic heterocycles. The molecule has 0 aliphatic rings. The lowest BCUT2D eigenvalue weighted by atomic mass is 10.2. The van der Waals surface area contributed by atoms with Gasteiger partial charge in [0.15, 0.2) is 0 Å². The van der Waals surface area contributed by atoms with Gasteiger partial charge in [-0.25, -0.2) is 10.9 Å². The molecule has 2 rings (SSSR count).